The molecule has 1 amide bonds. The first-order chi connectivity index (χ1) is 7.79. The molecule has 1 unspecified atom stereocenters. The molecule has 2 atom stereocenters. The van der Waals surface area contributed by atoms with E-state index in [4.69, 9.17) is 10.5 Å². The van der Waals surface area contributed by atoms with Crippen LogP contribution in [0.25, 0.3) is 0 Å². The van der Waals surface area contributed by atoms with Crippen molar-refractivity contribution >= 4 is 6.09 Å². The smallest absolute Gasteiger partial charge is 0.410 e. The molecule has 1 aliphatic heterocycles. The molecule has 1 saturated heterocycles. The maximum absolute atomic E-state index is 12.1. The van der Waals surface area contributed by atoms with E-state index in [0.29, 0.717) is 0 Å². The highest BCUT2D eigenvalue weighted by Gasteiger charge is 2.30. The predicted molar refractivity (Wildman–Crippen MR) is 68.8 cm³/mol. The van der Waals surface area contributed by atoms with Gasteiger partial charge in [-0.3, -0.25) is 0 Å². The first-order valence-electron chi connectivity index (χ1n) is 6.55. The Morgan fingerprint density at radius 2 is 2.12 bits per heavy atom. The monoisotopic (exact) mass is 242 g/mol. The Labute approximate surface area is 104 Å². The summed E-state index contributed by atoms with van der Waals surface area (Å²) in [6, 6.07) is 0.377. The summed E-state index contributed by atoms with van der Waals surface area (Å²) in [5, 5.41) is 0. The summed E-state index contributed by atoms with van der Waals surface area (Å²) < 4.78 is 5.44. The molecule has 0 aromatic rings. The minimum absolute atomic E-state index is 0.128. The van der Waals surface area contributed by atoms with Gasteiger partial charge < -0.3 is 15.4 Å². The molecule has 100 valence electrons. The van der Waals surface area contributed by atoms with Crippen molar-refractivity contribution in [3.8, 4) is 0 Å². The number of amides is 1. The van der Waals surface area contributed by atoms with Crippen LogP contribution in [-0.4, -0.2) is 35.2 Å². The van der Waals surface area contributed by atoms with Crippen molar-refractivity contribution < 1.29 is 9.53 Å². The lowest BCUT2D eigenvalue weighted by Crippen LogP contribution is -2.47. The Kier molecular flexibility index (Phi) is 4.80. The normalized spacial score (nSPS) is 23.4. The van der Waals surface area contributed by atoms with Crippen LogP contribution in [0.5, 0.6) is 0 Å². The molecule has 2 N–H and O–H groups in total. The lowest BCUT2D eigenvalue weighted by Gasteiger charge is -2.37. The second-order valence-corrected chi connectivity index (χ2v) is 6.04. The number of ether oxygens (including phenoxy) is 1. The number of carbonyl (C=O) groups excluding carboxylic acids is 1. The SMILES string of the molecule is C[C@H](N)CC1CCCCN1C(=O)OC(C)(C)C. The lowest BCUT2D eigenvalue weighted by atomic mass is 9.97. The second-order valence-electron chi connectivity index (χ2n) is 6.04. The van der Waals surface area contributed by atoms with Crippen LogP contribution in [-0.2, 0) is 4.74 Å². The summed E-state index contributed by atoms with van der Waals surface area (Å²) in [6.45, 7) is 8.48. The predicted octanol–water partition coefficient (Wildman–Crippen LogP) is 2.51. The van der Waals surface area contributed by atoms with E-state index in [1.165, 1.54) is 6.42 Å². The molecule has 1 heterocycles. The van der Waals surface area contributed by atoms with Gasteiger partial charge in [0.2, 0.25) is 0 Å². The van der Waals surface area contributed by atoms with Gasteiger partial charge in [-0.25, -0.2) is 4.79 Å². The molecule has 0 radical (unpaired) electrons. The van der Waals surface area contributed by atoms with Gasteiger partial charge in [-0.1, -0.05) is 0 Å². The fraction of sp³-hybridized carbons (Fsp3) is 0.923. The summed E-state index contributed by atoms with van der Waals surface area (Å²) in [7, 11) is 0. The molecular weight excluding hydrogens is 216 g/mol. The van der Waals surface area contributed by atoms with Crippen molar-refractivity contribution in [3.05, 3.63) is 0 Å². The topological polar surface area (TPSA) is 55.6 Å². The zero-order valence-electron chi connectivity index (χ0n) is 11.5. The van der Waals surface area contributed by atoms with Crippen molar-refractivity contribution in [3.63, 3.8) is 0 Å². The van der Waals surface area contributed by atoms with Crippen molar-refractivity contribution in [1.82, 2.24) is 4.90 Å². The molecule has 4 nitrogen and oxygen atoms in total. The number of hydrogen-bond acceptors (Lipinski definition) is 3. The van der Waals surface area contributed by atoms with E-state index in [0.717, 1.165) is 25.8 Å². The molecule has 0 aliphatic carbocycles. The highest BCUT2D eigenvalue weighted by Crippen LogP contribution is 2.23. The summed E-state index contributed by atoms with van der Waals surface area (Å²) >= 11 is 0. The lowest BCUT2D eigenvalue weighted by molar-refractivity contribution is 0.00834. The van der Waals surface area contributed by atoms with E-state index >= 15 is 0 Å². The average molecular weight is 242 g/mol. The molecule has 1 rings (SSSR count). The van der Waals surface area contributed by atoms with Crippen molar-refractivity contribution in [2.45, 2.75) is 71.1 Å². The molecule has 0 aromatic heterocycles. The Morgan fingerprint density at radius 1 is 1.47 bits per heavy atom. The highest BCUT2D eigenvalue weighted by atomic mass is 16.6. The van der Waals surface area contributed by atoms with Crippen molar-refractivity contribution in [1.29, 1.82) is 0 Å². The van der Waals surface area contributed by atoms with Crippen molar-refractivity contribution in [2.24, 2.45) is 5.73 Å². The molecular formula is C13H26N2O2. The fourth-order valence-electron chi connectivity index (χ4n) is 2.24. The second kappa shape index (κ2) is 5.71. The van der Waals surface area contributed by atoms with Crippen LogP contribution in [0.4, 0.5) is 4.79 Å². The van der Waals surface area contributed by atoms with E-state index in [1.807, 2.05) is 32.6 Å². The van der Waals surface area contributed by atoms with Crippen LogP contribution in [0.1, 0.15) is 53.4 Å². The van der Waals surface area contributed by atoms with Crippen LogP contribution < -0.4 is 5.73 Å². The van der Waals surface area contributed by atoms with Gasteiger partial charge in [-0.2, -0.15) is 0 Å². The molecule has 1 aliphatic rings. The minimum atomic E-state index is -0.423. The Balaban J connectivity index is 2.61. The third-order valence-electron chi connectivity index (χ3n) is 2.90. The minimum Gasteiger partial charge on any atom is -0.444 e. The first-order valence-corrected chi connectivity index (χ1v) is 6.55. The summed E-state index contributed by atoms with van der Waals surface area (Å²) in [4.78, 5) is 13.9. The van der Waals surface area contributed by atoms with E-state index in [9.17, 15) is 4.79 Å². The van der Waals surface area contributed by atoms with Gasteiger partial charge in [-0.15, -0.1) is 0 Å². The quantitative estimate of drug-likeness (QED) is 0.809. The average Bonchev–Trinajstić information content (AvgIpc) is 2.14. The molecule has 0 aromatic carbocycles. The van der Waals surface area contributed by atoms with Gasteiger partial charge in [0, 0.05) is 18.6 Å². The number of likely N-dealkylation sites (tertiary alicyclic amines) is 1. The highest BCUT2D eigenvalue weighted by molar-refractivity contribution is 5.68. The summed E-state index contributed by atoms with van der Waals surface area (Å²) in [5.41, 5.74) is 5.41. The largest absolute Gasteiger partial charge is 0.444 e. The van der Waals surface area contributed by atoms with E-state index in [1.54, 1.807) is 0 Å². The maximum atomic E-state index is 12.1. The molecule has 0 saturated carbocycles. The Hall–Kier alpha value is -0.770. The van der Waals surface area contributed by atoms with Gasteiger partial charge in [0.25, 0.3) is 0 Å². The molecule has 0 spiro atoms. The third kappa shape index (κ3) is 4.94. The standard InChI is InChI=1S/C13H26N2O2/c1-10(14)9-11-7-5-6-8-15(11)12(16)17-13(2,3)4/h10-11H,5-9,14H2,1-4H3/t10-,11?/m0/s1. The molecule has 17 heavy (non-hydrogen) atoms. The molecule has 0 bridgehead atoms. The molecule has 4 heteroatoms. The van der Waals surface area contributed by atoms with E-state index in [2.05, 4.69) is 0 Å². The number of piperidine rings is 1. The van der Waals surface area contributed by atoms with Gasteiger partial charge in [-0.05, 0) is 53.4 Å². The third-order valence-corrected chi connectivity index (χ3v) is 2.90. The zero-order chi connectivity index (χ0) is 13.1. The number of nitrogens with zero attached hydrogens (tertiary/aromatic N) is 1. The van der Waals surface area contributed by atoms with Gasteiger partial charge in [0.15, 0.2) is 0 Å². The fourth-order valence-corrected chi connectivity index (χ4v) is 2.24. The van der Waals surface area contributed by atoms with E-state index in [-0.39, 0.29) is 18.2 Å². The zero-order valence-corrected chi connectivity index (χ0v) is 11.5. The van der Waals surface area contributed by atoms with E-state index < -0.39 is 5.60 Å². The Morgan fingerprint density at radius 3 is 2.65 bits per heavy atom. The van der Waals surface area contributed by atoms with Gasteiger partial charge >= 0.3 is 6.09 Å². The van der Waals surface area contributed by atoms with Crippen LogP contribution in [0.15, 0.2) is 0 Å². The van der Waals surface area contributed by atoms with Gasteiger partial charge in [0.1, 0.15) is 5.60 Å². The number of carbonyl (C=O) groups is 1. The van der Waals surface area contributed by atoms with Crippen molar-refractivity contribution in [2.75, 3.05) is 6.54 Å². The number of nitrogens with two attached hydrogens (primary N) is 1. The summed E-state index contributed by atoms with van der Waals surface area (Å²) in [6.07, 6.45) is 3.95. The summed E-state index contributed by atoms with van der Waals surface area (Å²) in [5.74, 6) is 0. The first kappa shape index (κ1) is 14.3. The Bertz CT molecular complexity index is 259. The molecule has 1 fully saturated rings. The number of rotatable bonds is 2. The van der Waals surface area contributed by atoms with Crippen LogP contribution in [0, 0.1) is 0 Å². The van der Waals surface area contributed by atoms with Crippen LogP contribution >= 0.6 is 0 Å². The van der Waals surface area contributed by atoms with Crippen LogP contribution in [0.3, 0.4) is 0 Å². The van der Waals surface area contributed by atoms with Gasteiger partial charge in [0.05, 0.1) is 0 Å². The number of hydrogen-bond donors (Lipinski definition) is 1. The van der Waals surface area contributed by atoms with Crippen LogP contribution in [0.2, 0.25) is 0 Å². The maximum Gasteiger partial charge on any atom is 0.410 e.